The quantitative estimate of drug-likeness (QED) is 0.142. The van der Waals surface area contributed by atoms with E-state index in [1.54, 1.807) is 26.2 Å². The van der Waals surface area contributed by atoms with Crippen molar-refractivity contribution in [2.24, 2.45) is 0 Å². The number of rotatable bonds is 12. The summed E-state index contributed by atoms with van der Waals surface area (Å²) in [5.41, 5.74) is 7.41. The highest BCUT2D eigenvalue weighted by atomic mass is 16.4. The zero-order valence-corrected chi connectivity index (χ0v) is 30.6. The number of H-pyrrole nitrogens is 1. The molecule has 0 radical (unpaired) electrons. The van der Waals surface area contributed by atoms with E-state index < -0.39 is 12.1 Å². The van der Waals surface area contributed by atoms with Gasteiger partial charge in [0.2, 0.25) is 23.8 Å². The van der Waals surface area contributed by atoms with Crippen LogP contribution in [0.15, 0.2) is 60.7 Å². The van der Waals surface area contributed by atoms with Crippen LogP contribution in [0.2, 0.25) is 0 Å². The lowest BCUT2D eigenvalue weighted by Crippen LogP contribution is -2.47. The Balaban J connectivity index is 1.27. The van der Waals surface area contributed by atoms with E-state index in [9.17, 15) is 20.0 Å². The number of hydrogen-bond acceptors (Lipinski definition) is 11. The molecule has 0 spiro atoms. The van der Waals surface area contributed by atoms with Crippen LogP contribution in [-0.4, -0.2) is 110 Å². The smallest absolute Gasteiger partial charge is 0.407 e. The summed E-state index contributed by atoms with van der Waals surface area (Å²) in [5.74, 6) is 1.43. The number of fused-ring (bicyclic) bond motifs is 1. The lowest BCUT2D eigenvalue weighted by molar-refractivity contribution is -0.129. The minimum atomic E-state index is -0.888. The van der Waals surface area contributed by atoms with E-state index in [0.717, 1.165) is 33.7 Å². The van der Waals surface area contributed by atoms with Gasteiger partial charge in [-0.15, -0.1) is 0 Å². The number of likely N-dealkylation sites (N-methyl/N-ethyl adjacent to an activating group) is 1. The van der Waals surface area contributed by atoms with Crippen LogP contribution in [0.25, 0.3) is 11.0 Å². The topological polar surface area (TPSA) is 183 Å². The third-order valence-electron chi connectivity index (χ3n) is 9.30. The standard InChI is InChI=1S/C38H44N12O3/c1-24-17-30-31(18-25(24)2)42-33(41-30)23-48(5)37-45-35(40-29-8-6-7-28(19-29)22-49-13-15-50(16-14-49)38(52)53)44-36(46-37)43-32(34(51)47(3)4)20-26-9-11-27(21-39)12-10-26/h6-12,17-19,32H,13-16,20,22-23H2,1-5H3,(H,41,42)(H,52,53)(H2,40,43,44,45,46). The first kappa shape index (κ1) is 36.5. The van der Waals surface area contributed by atoms with Crippen LogP contribution in [0.3, 0.4) is 0 Å². The van der Waals surface area contributed by atoms with Gasteiger partial charge in [0, 0.05) is 66.0 Å². The number of aromatic amines is 1. The van der Waals surface area contributed by atoms with Gasteiger partial charge in [-0.2, -0.15) is 20.2 Å². The van der Waals surface area contributed by atoms with Crippen LogP contribution < -0.4 is 15.5 Å². The Morgan fingerprint density at radius 1 is 0.925 bits per heavy atom. The lowest BCUT2D eigenvalue weighted by Gasteiger charge is -2.33. The molecular formula is C38H44N12O3. The number of hydrogen-bond donors (Lipinski definition) is 4. The number of aromatic nitrogens is 5. The minimum Gasteiger partial charge on any atom is -0.465 e. The molecule has 5 aromatic rings. The Morgan fingerprint density at radius 3 is 2.34 bits per heavy atom. The largest absolute Gasteiger partial charge is 0.465 e. The van der Waals surface area contributed by atoms with Crippen molar-refractivity contribution in [2.45, 2.75) is 39.4 Å². The van der Waals surface area contributed by atoms with Gasteiger partial charge in [0.1, 0.15) is 11.9 Å². The normalized spacial score (nSPS) is 13.7. The fourth-order valence-corrected chi connectivity index (χ4v) is 6.20. The van der Waals surface area contributed by atoms with Crippen molar-refractivity contribution in [3.05, 3.63) is 94.3 Å². The average molecular weight is 717 g/mol. The molecule has 1 aliphatic heterocycles. The SMILES string of the molecule is Cc1cc2nc(CN(C)c3nc(Nc4cccc(CN5CCN(C(=O)O)CC5)c4)nc(NC(Cc4ccc(C#N)cc4)C(=O)N(C)C)n3)[nH]c2cc1C. The zero-order valence-electron chi connectivity index (χ0n) is 30.6. The van der Waals surface area contributed by atoms with Crippen LogP contribution in [-0.2, 0) is 24.3 Å². The maximum atomic E-state index is 13.5. The first-order valence-electron chi connectivity index (χ1n) is 17.4. The summed E-state index contributed by atoms with van der Waals surface area (Å²) >= 11 is 0. The molecule has 274 valence electrons. The van der Waals surface area contributed by atoms with Gasteiger partial charge in [-0.1, -0.05) is 24.3 Å². The van der Waals surface area contributed by atoms with Gasteiger partial charge in [-0.25, -0.2) is 9.78 Å². The average Bonchev–Trinajstić information content (AvgIpc) is 3.52. The minimum absolute atomic E-state index is 0.163. The molecule has 1 aliphatic rings. The molecule has 2 amide bonds. The molecule has 1 atom stereocenters. The summed E-state index contributed by atoms with van der Waals surface area (Å²) < 4.78 is 0. The summed E-state index contributed by atoms with van der Waals surface area (Å²) in [7, 11) is 5.27. The molecule has 15 nitrogen and oxygen atoms in total. The highest BCUT2D eigenvalue weighted by Gasteiger charge is 2.24. The maximum Gasteiger partial charge on any atom is 0.407 e. The van der Waals surface area contributed by atoms with Crippen molar-refractivity contribution >= 4 is 46.6 Å². The Kier molecular flexibility index (Phi) is 11.0. The molecule has 2 aromatic heterocycles. The highest BCUT2D eigenvalue weighted by molar-refractivity contribution is 5.84. The molecule has 0 bridgehead atoms. The van der Waals surface area contributed by atoms with Gasteiger partial charge in [0.15, 0.2) is 0 Å². The van der Waals surface area contributed by atoms with Gasteiger partial charge in [0.25, 0.3) is 0 Å². The first-order chi connectivity index (χ1) is 25.4. The fourth-order valence-electron chi connectivity index (χ4n) is 6.20. The van der Waals surface area contributed by atoms with Crippen LogP contribution >= 0.6 is 0 Å². The first-order valence-corrected chi connectivity index (χ1v) is 17.4. The lowest BCUT2D eigenvalue weighted by atomic mass is 10.0. The predicted molar refractivity (Wildman–Crippen MR) is 203 cm³/mol. The summed E-state index contributed by atoms with van der Waals surface area (Å²) in [5, 5.41) is 25.2. The number of nitriles is 1. The number of carboxylic acid groups (broad SMARTS) is 1. The number of nitrogens with one attached hydrogen (secondary N) is 3. The van der Waals surface area contributed by atoms with Crippen molar-refractivity contribution < 1.29 is 14.7 Å². The van der Waals surface area contributed by atoms with E-state index in [1.165, 1.54) is 20.9 Å². The van der Waals surface area contributed by atoms with E-state index in [1.807, 2.05) is 48.3 Å². The summed E-state index contributed by atoms with van der Waals surface area (Å²) in [4.78, 5) is 54.3. The Labute approximate surface area is 308 Å². The molecule has 53 heavy (non-hydrogen) atoms. The van der Waals surface area contributed by atoms with Crippen LogP contribution in [0.4, 0.5) is 28.3 Å². The number of imidazole rings is 1. The second-order valence-corrected chi connectivity index (χ2v) is 13.6. The second kappa shape index (κ2) is 16.0. The maximum absolute atomic E-state index is 13.5. The van der Waals surface area contributed by atoms with E-state index in [0.29, 0.717) is 57.2 Å². The monoisotopic (exact) mass is 716 g/mol. The van der Waals surface area contributed by atoms with Crippen LogP contribution in [0.1, 0.15) is 33.6 Å². The number of amides is 2. The van der Waals surface area contributed by atoms with Crippen molar-refractivity contribution in [3.63, 3.8) is 0 Å². The van der Waals surface area contributed by atoms with Crippen LogP contribution in [0, 0.1) is 25.2 Å². The number of anilines is 4. The number of piperazine rings is 1. The summed E-state index contributed by atoms with van der Waals surface area (Å²) in [6, 6.07) is 20.6. The van der Waals surface area contributed by atoms with Crippen molar-refractivity contribution in [1.82, 2.24) is 39.6 Å². The van der Waals surface area contributed by atoms with Gasteiger partial charge in [0.05, 0.1) is 29.2 Å². The molecule has 4 N–H and O–H groups in total. The van der Waals surface area contributed by atoms with Gasteiger partial charge >= 0.3 is 6.09 Å². The molecular weight excluding hydrogens is 672 g/mol. The molecule has 6 rings (SSSR count). The second-order valence-electron chi connectivity index (χ2n) is 13.6. The molecule has 1 fully saturated rings. The van der Waals surface area contributed by atoms with Crippen molar-refractivity contribution in [2.75, 3.05) is 62.9 Å². The molecule has 15 heteroatoms. The number of aryl methyl sites for hydroxylation is 2. The summed E-state index contributed by atoms with van der Waals surface area (Å²) in [6.45, 7) is 7.44. The molecule has 3 heterocycles. The summed E-state index contributed by atoms with van der Waals surface area (Å²) in [6.07, 6.45) is -0.551. The van der Waals surface area contributed by atoms with Gasteiger partial charge in [-0.05, 0) is 72.5 Å². The molecule has 1 unspecified atom stereocenters. The predicted octanol–water partition coefficient (Wildman–Crippen LogP) is 4.52. The molecule has 3 aromatic carbocycles. The van der Waals surface area contributed by atoms with Crippen LogP contribution in [0.5, 0.6) is 0 Å². The van der Waals surface area contributed by atoms with Gasteiger partial charge < -0.3 is 35.4 Å². The molecule has 0 saturated carbocycles. The van der Waals surface area contributed by atoms with E-state index in [2.05, 4.69) is 52.6 Å². The number of carbonyl (C=O) groups excluding carboxylic acids is 1. The number of nitrogens with zero attached hydrogens (tertiary/aromatic N) is 9. The Hall–Kier alpha value is -6.27. The van der Waals surface area contributed by atoms with Crippen molar-refractivity contribution in [1.29, 1.82) is 5.26 Å². The highest BCUT2D eigenvalue weighted by Crippen LogP contribution is 2.23. The number of benzene rings is 3. The number of carbonyl (C=O) groups is 2. The van der Waals surface area contributed by atoms with E-state index >= 15 is 0 Å². The molecule has 0 aliphatic carbocycles. The third kappa shape index (κ3) is 9.16. The zero-order chi connectivity index (χ0) is 37.6. The fraction of sp³-hybridized carbons (Fsp3) is 0.342. The Morgan fingerprint density at radius 2 is 1.64 bits per heavy atom. The van der Waals surface area contributed by atoms with E-state index in [4.69, 9.17) is 19.9 Å². The Bertz CT molecular complexity index is 2100. The van der Waals surface area contributed by atoms with Crippen molar-refractivity contribution in [3.8, 4) is 6.07 Å². The third-order valence-corrected chi connectivity index (χ3v) is 9.30. The molecule has 1 saturated heterocycles. The van der Waals surface area contributed by atoms with E-state index in [-0.39, 0.29) is 17.8 Å². The van der Waals surface area contributed by atoms with Gasteiger partial charge in [-0.3, -0.25) is 9.69 Å².